The van der Waals surface area contributed by atoms with Crippen LogP contribution in [0, 0.1) is 24.0 Å². The maximum absolute atomic E-state index is 12.1. The Hall–Kier alpha value is -3.23. The van der Waals surface area contributed by atoms with Crippen molar-refractivity contribution >= 4 is 17.6 Å². The van der Waals surface area contributed by atoms with Gasteiger partial charge in [-0.25, -0.2) is 4.79 Å². The molecular formula is C17H20N4O5. The van der Waals surface area contributed by atoms with Gasteiger partial charge in [-0.15, -0.1) is 0 Å². The third kappa shape index (κ3) is 4.65. The van der Waals surface area contributed by atoms with E-state index in [4.69, 9.17) is 0 Å². The highest BCUT2D eigenvalue weighted by Crippen LogP contribution is 2.21. The van der Waals surface area contributed by atoms with Crippen LogP contribution in [0.5, 0.6) is 0 Å². The molecular weight excluding hydrogens is 340 g/mol. The molecule has 2 N–H and O–H groups in total. The van der Waals surface area contributed by atoms with Crippen LogP contribution in [0.4, 0.5) is 5.69 Å². The molecule has 0 saturated carbocycles. The number of rotatable bonds is 8. The summed E-state index contributed by atoms with van der Waals surface area (Å²) in [7, 11) is 0. The van der Waals surface area contributed by atoms with E-state index in [9.17, 15) is 24.8 Å². The van der Waals surface area contributed by atoms with Crippen LogP contribution < -0.4 is 5.32 Å². The number of amides is 1. The van der Waals surface area contributed by atoms with Crippen LogP contribution in [0.25, 0.3) is 0 Å². The van der Waals surface area contributed by atoms with Crippen molar-refractivity contribution in [2.45, 2.75) is 39.3 Å². The number of hydrogen-bond donors (Lipinski definition) is 2. The van der Waals surface area contributed by atoms with Gasteiger partial charge in [0.15, 0.2) is 0 Å². The van der Waals surface area contributed by atoms with Crippen molar-refractivity contribution in [2.24, 2.45) is 0 Å². The molecule has 9 heteroatoms. The molecule has 0 aliphatic heterocycles. The fourth-order valence-electron chi connectivity index (χ4n) is 2.69. The maximum Gasteiger partial charge on any atom is 0.326 e. The first-order chi connectivity index (χ1) is 12.3. The van der Waals surface area contributed by atoms with E-state index in [1.165, 1.54) is 11.6 Å². The molecule has 0 radical (unpaired) electrons. The summed E-state index contributed by atoms with van der Waals surface area (Å²) in [5.41, 5.74) is 1.37. The fourth-order valence-corrected chi connectivity index (χ4v) is 2.69. The van der Waals surface area contributed by atoms with E-state index < -0.39 is 22.8 Å². The highest BCUT2D eigenvalue weighted by molar-refractivity contribution is 5.83. The van der Waals surface area contributed by atoms with Gasteiger partial charge in [0.1, 0.15) is 17.4 Å². The first-order valence-electron chi connectivity index (χ1n) is 8.04. The second-order valence-electron chi connectivity index (χ2n) is 5.90. The molecule has 0 fully saturated rings. The molecule has 9 nitrogen and oxygen atoms in total. The lowest BCUT2D eigenvalue weighted by molar-refractivity contribution is -0.386. The molecule has 26 heavy (non-hydrogen) atoms. The molecule has 1 aromatic carbocycles. The average Bonchev–Trinajstić information content (AvgIpc) is 2.87. The van der Waals surface area contributed by atoms with Crippen molar-refractivity contribution in [1.29, 1.82) is 0 Å². The zero-order chi connectivity index (χ0) is 19.3. The van der Waals surface area contributed by atoms with Gasteiger partial charge in [-0.1, -0.05) is 30.3 Å². The van der Waals surface area contributed by atoms with Gasteiger partial charge in [0, 0.05) is 12.8 Å². The number of nitro groups is 1. The lowest BCUT2D eigenvalue weighted by Crippen LogP contribution is -2.42. The fraction of sp³-hybridized carbons (Fsp3) is 0.353. The summed E-state index contributed by atoms with van der Waals surface area (Å²) in [6, 6.07) is 7.96. The minimum absolute atomic E-state index is 0.0301. The van der Waals surface area contributed by atoms with E-state index in [-0.39, 0.29) is 30.8 Å². The quantitative estimate of drug-likeness (QED) is 0.544. The number of nitrogens with zero attached hydrogens (tertiary/aromatic N) is 3. The molecule has 0 spiro atoms. The molecule has 1 unspecified atom stereocenters. The van der Waals surface area contributed by atoms with Crippen LogP contribution in [0.3, 0.4) is 0 Å². The van der Waals surface area contributed by atoms with Crippen molar-refractivity contribution in [1.82, 2.24) is 15.1 Å². The molecule has 1 amide bonds. The number of carbonyl (C=O) groups is 2. The minimum Gasteiger partial charge on any atom is -0.480 e. The maximum atomic E-state index is 12.1. The molecule has 2 rings (SSSR count). The smallest absolute Gasteiger partial charge is 0.326 e. The van der Waals surface area contributed by atoms with Crippen LogP contribution in [-0.2, 0) is 22.6 Å². The minimum atomic E-state index is -1.12. The molecule has 2 aromatic rings. The monoisotopic (exact) mass is 360 g/mol. The van der Waals surface area contributed by atoms with Gasteiger partial charge >= 0.3 is 11.7 Å². The predicted molar refractivity (Wildman–Crippen MR) is 92.7 cm³/mol. The third-order valence-corrected chi connectivity index (χ3v) is 3.99. The van der Waals surface area contributed by atoms with Gasteiger partial charge in [-0.05, 0) is 19.4 Å². The Morgan fingerprint density at radius 1 is 1.31 bits per heavy atom. The van der Waals surface area contributed by atoms with Gasteiger partial charge in [0.25, 0.3) is 0 Å². The summed E-state index contributed by atoms with van der Waals surface area (Å²) < 4.78 is 1.39. The number of aromatic nitrogens is 2. The van der Waals surface area contributed by atoms with Crippen molar-refractivity contribution in [2.75, 3.05) is 0 Å². The van der Waals surface area contributed by atoms with Crippen LogP contribution in [0.1, 0.15) is 23.4 Å². The summed E-state index contributed by atoms with van der Waals surface area (Å²) in [6.07, 6.45) is 0.144. The van der Waals surface area contributed by atoms with Crippen LogP contribution in [0.2, 0.25) is 0 Å². The lowest BCUT2D eigenvalue weighted by Gasteiger charge is -2.15. The Labute approximate surface area is 149 Å². The largest absolute Gasteiger partial charge is 0.480 e. The standard InChI is InChI=1S/C17H20N4O5/c1-11-16(21(25)26)12(2)20(19-11)9-8-15(22)18-14(17(23)24)10-13-6-4-3-5-7-13/h3-7,14H,8-10H2,1-2H3,(H,18,22)(H,23,24). The first-order valence-corrected chi connectivity index (χ1v) is 8.04. The van der Waals surface area contributed by atoms with E-state index in [0.29, 0.717) is 5.69 Å². The normalized spacial score (nSPS) is 11.8. The average molecular weight is 360 g/mol. The van der Waals surface area contributed by atoms with E-state index in [0.717, 1.165) is 5.56 Å². The number of carbonyl (C=O) groups excluding carboxylic acids is 1. The Morgan fingerprint density at radius 3 is 2.50 bits per heavy atom. The number of nitrogens with one attached hydrogen (secondary N) is 1. The summed E-state index contributed by atoms with van der Waals surface area (Å²) in [5, 5.41) is 26.9. The predicted octanol–water partition coefficient (Wildman–Crippen LogP) is 1.61. The summed E-state index contributed by atoms with van der Waals surface area (Å²) in [5.74, 6) is -1.58. The second kappa shape index (κ2) is 8.24. The molecule has 138 valence electrons. The number of aryl methyl sites for hydroxylation is 2. The van der Waals surface area contributed by atoms with E-state index >= 15 is 0 Å². The highest BCUT2D eigenvalue weighted by atomic mass is 16.6. The van der Waals surface area contributed by atoms with Crippen molar-refractivity contribution in [3.05, 3.63) is 57.4 Å². The Balaban J connectivity index is 1.98. The Bertz CT molecular complexity index is 816. The summed E-state index contributed by atoms with van der Waals surface area (Å²) in [6.45, 7) is 3.22. The van der Waals surface area contributed by atoms with Crippen molar-refractivity contribution in [3.8, 4) is 0 Å². The molecule has 1 atom stereocenters. The second-order valence-corrected chi connectivity index (χ2v) is 5.90. The third-order valence-electron chi connectivity index (χ3n) is 3.99. The summed E-state index contributed by atoms with van der Waals surface area (Å²) in [4.78, 5) is 34.0. The van der Waals surface area contributed by atoms with Crippen LogP contribution in [0.15, 0.2) is 30.3 Å². The van der Waals surface area contributed by atoms with Gasteiger partial charge in [0.05, 0.1) is 11.5 Å². The van der Waals surface area contributed by atoms with Crippen molar-refractivity contribution in [3.63, 3.8) is 0 Å². The molecule has 0 aliphatic rings. The van der Waals surface area contributed by atoms with E-state index in [2.05, 4.69) is 10.4 Å². The SMILES string of the molecule is Cc1nn(CCC(=O)NC(Cc2ccccc2)C(=O)O)c(C)c1[N+](=O)[O-]. The first kappa shape index (κ1) is 19.1. The molecule has 1 aromatic heterocycles. The van der Waals surface area contributed by atoms with Gasteiger partial charge in [-0.2, -0.15) is 5.10 Å². The van der Waals surface area contributed by atoms with E-state index in [1.54, 1.807) is 31.2 Å². The number of benzene rings is 1. The zero-order valence-electron chi connectivity index (χ0n) is 14.5. The molecule has 0 aliphatic carbocycles. The van der Waals surface area contributed by atoms with E-state index in [1.807, 2.05) is 6.07 Å². The molecule has 0 bridgehead atoms. The zero-order valence-corrected chi connectivity index (χ0v) is 14.5. The number of hydrogen-bond acceptors (Lipinski definition) is 5. The van der Waals surface area contributed by atoms with Gasteiger partial charge < -0.3 is 10.4 Å². The van der Waals surface area contributed by atoms with Gasteiger partial charge in [0.2, 0.25) is 5.91 Å². The van der Waals surface area contributed by atoms with Crippen LogP contribution in [-0.4, -0.2) is 37.7 Å². The lowest BCUT2D eigenvalue weighted by atomic mass is 10.1. The molecule has 1 heterocycles. The number of carboxylic acid groups (broad SMARTS) is 1. The van der Waals surface area contributed by atoms with Gasteiger partial charge in [-0.3, -0.25) is 19.6 Å². The Morgan fingerprint density at radius 2 is 1.96 bits per heavy atom. The summed E-state index contributed by atoms with van der Waals surface area (Å²) >= 11 is 0. The topological polar surface area (TPSA) is 127 Å². The van der Waals surface area contributed by atoms with Crippen LogP contribution >= 0.6 is 0 Å². The number of aliphatic carboxylic acids is 1. The van der Waals surface area contributed by atoms with Crippen molar-refractivity contribution < 1.29 is 19.6 Å². The molecule has 0 saturated heterocycles. The Kier molecular flexibility index (Phi) is 6.05. The highest BCUT2D eigenvalue weighted by Gasteiger charge is 2.23. The number of carboxylic acids is 1.